The van der Waals surface area contributed by atoms with E-state index in [9.17, 15) is 19.8 Å². The lowest BCUT2D eigenvalue weighted by Gasteiger charge is -2.56. The van der Waals surface area contributed by atoms with E-state index >= 15 is 0 Å². The molecule has 2 aliphatic rings. The lowest BCUT2D eigenvalue weighted by molar-refractivity contribution is 0.0620. The molecule has 8 atom stereocenters. The quantitative estimate of drug-likeness (QED) is 0.171. The lowest BCUT2D eigenvalue weighted by Crippen LogP contribution is -2.64. The second kappa shape index (κ2) is 12.7. The Labute approximate surface area is 254 Å². The molecule has 3 rings (SSSR count). The van der Waals surface area contributed by atoms with Gasteiger partial charge in [-0.05, 0) is 112 Å². The van der Waals surface area contributed by atoms with Crippen LogP contribution in [0.3, 0.4) is 0 Å². The van der Waals surface area contributed by atoms with Gasteiger partial charge in [0.25, 0.3) is 0 Å². The fourth-order valence-electron chi connectivity index (χ4n) is 8.16. The van der Waals surface area contributed by atoms with Crippen molar-refractivity contribution in [3.05, 3.63) is 34.4 Å². The third kappa shape index (κ3) is 6.75. The van der Waals surface area contributed by atoms with Gasteiger partial charge in [-0.2, -0.15) is 0 Å². The summed E-state index contributed by atoms with van der Waals surface area (Å²) in [6.45, 7) is 23.4. The molecule has 2 fully saturated rings. The third-order valence-electron chi connectivity index (χ3n) is 11.8. The van der Waals surface area contributed by atoms with Crippen LogP contribution in [0.2, 0.25) is 0 Å². The van der Waals surface area contributed by atoms with E-state index in [0.29, 0.717) is 0 Å². The molecule has 2 amide bonds. The Morgan fingerprint density at radius 3 is 1.31 bits per heavy atom. The Bertz CT molecular complexity index is 1060. The highest BCUT2D eigenvalue weighted by Crippen LogP contribution is 2.53. The number of carboxylic acid groups (broad SMARTS) is 2. The molecule has 2 heterocycles. The molecular weight excluding hydrogens is 528 g/mol. The Balaban J connectivity index is 2.40. The van der Waals surface area contributed by atoms with Crippen molar-refractivity contribution >= 4 is 12.2 Å². The van der Waals surface area contributed by atoms with E-state index in [1.807, 2.05) is 12.1 Å². The second-order valence-electron chi connectivity index (χ2n) is 14.3. The zero-order valence-electron chi connectivity index (χ0n) is 27.8. The number of piperidine rings is 2. The SMILES string of the molecule is CCC1(C)CC(c2c(CNC(=O)O)ccc(CNC(=O)O)c2C2CC(C)(CC)NC(C)(CC)C2C)C(C)C(C)(CC)N1. The predicted molar refractivity (Wildman–Crippen MR) is 170 cm³/mol. The van der Waals surface area contributed by atoms with Crippen LogP contribution in [-0.2, 0) is 13.1 Å². The normalized spacial score (nSPS) is 36.8. The first-order valence-corrected chi connectivity index (χ1v) is 16.2. The molecule has 6 N–H and O–H groups in total. The average Bonchev–Trinajstić information content (AvgIpc) is 2.94. The summed E-state index contributed by atoms with van der Waals surface area (Å²) in [6, 6.07) is 4.08. The zero-order chi connectivity index (χ0) is 31.7. The van der Waals surface area contributed by atoms with Gasteiger partial charge < -0.3 is 31.5 Å². The molecule has 8 unspecified atom stereocenters. The van der Waals surface area contributed by atoms with E-state index in [1.165, 1.54) is 11.1 Å². The maximum Gasteiger partial charge on any atom is 0.404 e. The van der Waals surface area contributed by atoms with E-state index in [-0.39, 0.29) is 58.9 Å². The maximum absolute atomic E-state index is 11.7. The molecular formula is C34H58N4O4. The minimum atomic E-state index is -1.04. The Morgan fingerprint density at radius 1 is 0.714 bits per heavy atom. The number of nitrogens with one attached hydrogen (secondary N) is 4. The van der Waals surface area contributed by atoms with Crippen LogP contribution in [0.5, 0.6) is 0 Å². The van der Waals surface area contributed by atoms with Crippen LogP contribution in [0.1, 0.15) is 142 Å². The number of benzene rings is 1. The molecule has 1 aromatic rings. The van der Waals surface area contributed by atoms with Crippen LogP contribution in [0.25, 0.3) is 0 Å². The van der Waals surface area contributed by atoms with Crippen molar-refractivity contribution in [3.8, 4) is 0 Å². The van der Waals surface area contributed by atoms with E-state index in [2.05, 4.69) is 90.5 Å². The van der Waals surface area contributed by atoms with Crippen LogP contribution in [0, 0.1) is 11.8 Å². The molecule has 8 nitrogen and oxygen atoms in total. The molecule has 42 heavy (non-hydrogen) atoms. The van der Waals surface area contributed by atoms with E-state index < -0.39 is 12.2 Å². The van der Waals surface area contributed by atoms with Gasteiger partial charge in [0.05, 0.1) is 0 Å². The summed E-state index contributed by atoms with van der Waals surface area (Å²) in [4.78, 5) is 23.5. The summed E-state index contributed by atoms with van der Waals surface area (Å²) in [5.74, 6) is 0.905. The number of amides is 2. The van der Waals surface area contributed by atoms with E-state index in [0.717, 1.165) is 49.7 Å². The summed E-state index contributed by atoms with van der Waals surface area (Å²) in [6.07, 6.45) is 3.69. The first kappa shape index (κ1) is 34.2. The molecule has 1 aromatic carbocycles. The topological polar surface area (TPSA) is 123 Å². The van der Waals surface area contributed by atoms with Gasteiger partial charge in [0.2, 0.25) is 0 Å². The number of carbonyl (C=O) groups is 2. The molecule has 238 valence electrons. The predicted octanol–water partition coefficient (Wildman–Crippen LogP) is 7.32. The monoisotopic (exact) mass is 586 g/mol. The molecule has 0 radical (unpaired) electrons. The third-order valence-corrected chi connectivity index (χ3v) is 11.8. The summed E-state index contributed by atoms with van der Waals surface area (Å²) in [5.41, 5.74) is 4.10. The van der Waals surface area contributed by atoms with Gasteiger partial charge in [0, 0.05) is 35.2 Å². The van der Waals surface area contributed by atoms with Crippen LogP contribution in [0.15, 0.2) is 12.1 Å². The van der Waals surface area contributed by atoms with Crippen molar-refractivity contribution < 1.29 is 19.8 Å². The minimum Gasteiger partial charge on any atom is -0.465 e. The van der Waals surface area contributed by atoms with E-state index in [1.54, 1.807) is 0 Å². The first-order chi connectivity index (χ1) is 19.5. The van der Waals surface area contributed by atoms with Gasteiger partial charge in [0.1, 0.15) is 0 Å². The van der Waals surface area contributed by atoms with Crippen molar-refractivity contribution in [2.45, 2.75) is 155 Å². The van der Waals surface area contributed by atoms with Crippen LogP contribution < -0.4 is 21.3 Å². The molecule has 0 bridgehead atoms. The maximum atomic E-state index is 11.7. The summed E-state index contributed by atoms with van der Waals surface area (Å²) >= 11 is 0. The first-order valence-electron chi connectivity index (χ1n) is 16.2. The summed E-state index contributed by atoms with van der Waals surface area (Å²) in [7, 11) is 0. The second-order valence-corrected chi connectivity index (χ2v) is 14.3. The van der Waals surface area contributed by atoms with Gasteiger partial charge in [0.15, 0.2) is 0 Å². The largest absolute Gasteiger partial charge is 0.465 e. The lowest BCUT2D eigenvalue weighted by atomic mass is 9.58. The highest BCUT2D eigenvalue weighted by atomic mass is 16.4. The van der Waals surface area contributed by atoms with Gasteiger partial charge in [-0.25, -0.2) is 9.59 Å². The van der Waals surface area contributed by atoms with Gasteiger partial charge >= 0.3 is 12.2 Å². The van der Waals surface area contributed by atoms with Crippen LogP contribution in [-0.4, -0.2) is 44.6 Å². The molecule has 0 aromatic heterocycles. The fourth-order valence-corrected chi connectivity index (χ4v) is 8.16. The van der Waals surface area contributed by atoms with Gasteiger partial charge in [-0.1, -0.05) is 53.7 Å². The average molecular weight is 587 g/mol. The molecule has 8 heteroatoms. The smallest absolute Gasteiger partial charge is 0.404 e. The Morgan fingerprint density at radius 2 is 1.05 bits per heavy atom. The van der Waals surface area contributed by atoms with Gasteiger partial charge in [-0.15, -0.1) is 0 Å². The van der Waals surface area contributed by atoms with Crippen LogP contribution in [0.4, 0.5) is 9.59 Å². The molecule has 0 aliphatic carbocycles. The van der Waals surface area contributed by atoms with Crippen molar-refractivity contribution in [1.29, 1.82) is 0 Å². The number of rotatable bonds is 10. The number of hydrogen-bond donors (Lipinski definition) is 6. The summed E-state index contributed by atoms with van der Waals surface area (Å²) in [5, 5.41) is 32.6. The number of hydrogen-bond acceptors (Lipinski definition) is 4. The highest BCUT2D eigenvalue weighted by Gasteiger charge is 2.51. The minimum absolute atomic E-state index is 0.0817. The molecule has 0 saturated carbocycles. The standard InChI is InChI=1S/C34H58N4O4/c1-11-31(7)17-25(21(5)33(9,13-3)37-31)27-23(19-35-29(39)40)15-16-24(20-36-30(41)42)28(27)26-18-32(8,12-2)38-34(10,14-4)22(26)6/h15-16,21-22,25-26,35-38H,11-14,17-20H2,1-10H3,(H,39,40)(H,41,42). The Kier molecular flexibility index (Phi) is 10.4. The summed E-state index contributed by atoms with van der Waals surface area (Å²) < 4.78 is 0. The fraction of sp³-hybridized carbons (Fsp3) is 0.765. The van der Waals surface area contributed by atoms with Crippen molar-refractivity contribution in [3.63, 3.8) is 0 Å². The van der Waals surface area contributed by atoms with Crippen molar-refractivity contribution in [2.75, 3.05) is 0 Å². The van der Waals surface area contributed by atoms with Gasteiger partial charge in [-0.3, -0.25) is 0 Å². The van der Waals surface area contributed by atoms with E-state index in [4.69, 9.17) is 0 Å². The Hall–Kier alpha value is -2.32. The highest BCUT2D eigenvalue weighted by molar-refractivity contribution is 5.65. The molecule has 0 spiro atoms. The van der Waals surface area contributed by atoms with Crippen molar-refractivity contribution in [1.82, 2.24) is 21.3 Å². The van der Waals surface area contributed by atoms with Crippen LogP contribution >= 0.6 is 0 Å². The zero-order valence-corrected chi connectivity index (χ0v) is 27.8. The van der Waals surface area contributed by atoms with Crippen molar-refractivity contribution in [2.24, 2.45) is 11.8 Å². The molecule has 2 saturated heterocycles. The molecule has 2 aliphatic heterocycles.